The Hall–Kier alpha value is -1.57. The third-order valence-electron chi connectivity index (χ3n) is 2.22. The van der Waals surface area contributed by atoms with E-state index in [4.69, 9.17) is 0 Å². The van der Waals surface area contributed by atoms with Gasteiger partial charge in [-0.25, -0.2) is 0 Å². The Morgan fingerprint density at radius 1 is 1.23 bits per heavy atom. The molecule has 0 unspecified atom stereocenters. The molecule has 66 valence electrons. The molecular formula is C11H11NO. The predicted molar refractivity (Wildman–Crippen MR) is 53.0 cm³/mol. The number of nitrogens with zero attached hydrogens (tertiary/aromatic N) is 1. The van der Waals surface area contributed by atoms with E-state index >= 15 is 0 Å². The first-order valence-electron chi connectivity index (χ1n) is 4.41. The molecule has 1 aliphatic heterocycles. The van der Waals surface area contributed by atoms with Crippen LogP contribution in [0.25, 0.3) is 11.3 Å². The molecule has 0 amide bonds. The molecule has 2 nitrogen and oxygen atoms in total. The van der Waals surface area contributed by atoms with E-state index in [0.29, 0.717) is 0 Å². The molecule has 0 radical (unpaired) electrons. The second-order valence-corrected chi connectivity index (χ2v) is 2.98. The zero-order valence-corrected chi connectivity index (χ0v) is 7.53. The van der Waals surface area contributed by atoms with Gasteiger partial charge in [-0.2, -0.15) is 0 Å². The molecule has 0 saturated heterocycles. The van der Waals surface area contributed by atoms with Crippen LogP contribution in [-0.2, 0) is 6.54 Å². The molecule has 2 heteroatoms. The van der Waals surface area contributed by atoms with E-state index < -0.39 is 0 Å². The van der Waals surface area contributed by atoms with Crippen LogP contribution >= 0.6 is 0 Å². The van der Waals surface area contributed by atoms with Crippen molar-refractivity contribution in [3.05, 3.63) is 46.8 Å². The molecule has 0 fully saturated rings. The first-order chi connectivity index (χ1) is 6.33. The maximum absolute atomic E-state index is 11.4. The van der Waals surface area contributed by atoms with Gasteiger partial charge in [-0.1, -0.05) is 6.07 Å². The van der Waals surface area contributed by atoms with Crippen molar-refractivity contribution < 1.29 is 0 Å². The zero-order chi connectivity index (χ0) is 9.26. The number of fused-ring (bicyclic) bond motifs is 1. The summed E-state index contributed by atoms with van der Waals surface area (Å²) in [5.74, 6) is 0. The van der Waals surface area contributed by atoms with Crippen molar-refractivity contribution >= 4 is 0 Å². The highest BCUT2D eigenvalue weighted by Crippen LogP contribution is 2.16. The van der Waals surface area contributed by atoms with Crippen LogP contribution in [0.15, 0.2) is 41.3 Å². The number of aromatic nitrogens is 1. The normalized spacial score (nSPS) is 10.5. The number of pyridine rings is 1. The van der Waals surface area contributed by atoms with Crippen molar-refractivity contribution in [1.82, 2.24) is 4.57 Å². The van der Waals surface area contributed by atoms with Gasteiger partial charge in [0.15, 0.2) is 5.43 Å². The molecule has 0 aromatic heterocycles. The maximum Gasteiger partial charge on any atom is 0.187 e. The van der Waals surface area contributed by atoms with Gasteiger partial charge < -0.3 is 4.57 Å². The second-order valence-electron chi connectivity index (χ2n) is 2.98. The number of rotatable bonds is 1. The third kappa shape index (κ3) is 1.24. The van der Waals surface area contributed by atoms with Gasteiger partial charge in [0.05, 0.1) is 5.69 Å². The van der Waals surface area contributed by atoms with Gasteiger partial charge in [0.2, 0.25) is 0 Å². The Morgan fingerprint density at radius 2 is 2.08 bits per heavy atom. The van der Waals surface area contributed by atoms with E-state index in [1.54, 1.807) is 12.1 Å². The lowest BCUT2D eigenvalue weighted by molar-refractivity contribution is 0.763. The van der Waals surface area contributed by atoms with E-state index in [0.717, 1.165) is 17.8 Å². The van der Waals surface area contributed by atoms with E-state index in [2.05, 4.69) is 11.5 Å². The Balaban J connectivity index is 2.81. The molecule has 13 heavy (non-hydrogen) atoms. The molecule has 0 N–H and O–H groups in total. The predicted octanol–water partition coefficient (Wildman–Crippen LogP) is 1.97. The second kappa shape index (κ2) is 3.05. The van der Waals surface area contributed by atoms with Crippen LogP contribution in [0, 0.1) is 0 Å². The molecule has 1 heterocycles. The summed E-state index contributed by atoms with van der Waals surface area (Å²) in [6.45, 7) is 2.96. The minimum Gasteiger partial charge on any atom is -0.348 e. The molecule has 0 atom stereocenters. The fraction of sp³-hybridized carbons (Fsp3) is 0.182. The third-order valence-corrected chi connectivity index (χ3v) is 2.22. The van der Waals surface area contributed by atoms with Crippen molar-refractivity contribution in [3.8, 4) is 11.3 Å². The summed E-state index contributed by atoms with van der Waals surface area (Å²) in [6, 6.07) is 9.15. The van der Waals surface area contributed by atoms with E-state index in [1.165, 1.54) is 0 Å². The molecule has 0 bridgehead atoms. The molecule has 1 aliphatic carbocycles. The van der Waals surface area contributed by atoms with Gasteiger partial charge in [0.25, 0.3) is 0 Å². The van der Waals surface area contributed by atoms with Crippen molar-refractivity contribution in [3.63, 3.8) is 0 Å². The molecule has 0 aromatic carbocycles. The quantitative estimate of drug-likeness (QED) is 0.646. The molecule has 2 aliphatic rings. The molecular weight excluding hydrogens is 162 g/mol. The van der Waals surface area contributed by atoms with Gasteiger partial charge in [-0.05, 0) is 31.2 Å². The average molecular weight is 173 g/mol. The summed E-state index contributed by atoms with van der Waals surface area (Å²) < 4.78 is 2.07. The van der Waals surface area contributed by atoms with Crippen molar-refractivity contribution in [2.45, 2.75) is 13.5 Å². The number of hydrogen-bond donors (Lipinski definition) is 0. The van der Waals surface area contributed by atoms with Gasteiger partial charge in [0, 0.05) is 18.3 Å². The first kappa shape index (κ1) is 8.05. The Morgan fingerprint density at radius 3 is 2.85 bits per heavy atom. The standard InChI is InChI=1S/C11H11NO/c1-2-12-8-4-5-9-10(12)6-3-7-11(9)13/h3-8H,2H2,1H3. The monoisotopic (exact) mass is 173 g/mol. The highest BCUT2D eigenvalue weighted by atomic mass is 16.1. The largest absolute Gasteiger partial charge is 0.348 e. The van der Waals surface area contributed by atoms with Crippen molar-refractivity contribution in [2.75, 3.05) is 0 Å². The first-order valence-corrected chi connectivity index (χ1v) is 4.41. The van der Waals surface area contributed by atoms with Crippen LogP contribution < -0.4 is 5.43 Å². The Kier molecular flexibility index (Phi) is 1.89. The lowest BCUT2D eigenvalue weighted by atomic mass is 10.1. The number of aryl methyl sites for hydroxylation is 1. The summed E-state index contributed by atoms with van der Waals surface area (Å²) in [6.07, 6.45) is 1.99. The van der Waals surface area contributed by atoms with Gasteiger partial charge in [-0.3, -0.25) is 4.79 Å². The summed E-state index contributed by atoms with van der Waals surface area (Å²) >= 11 is 0. The van der Waals surface area contributed by atoms with Crippen LogP contribution in [0.4, 0.5) is 0 Å². The van der Waals surface area contributed by atoms with Crippen LogP contribution in [0.5, 0.6) is 0 Å². The Bertz CT molecular complexity index is 444. The summed E-state index contributed by atoms with van der Waals surface area (Å²) in [5, 5.41) is 0. The zero-order valence-electron chi connectivity index (χ0n) is 7.53. The maximum atomic E-state index is 11.4. The number of benzene rings is 1. The minimum atomic E-state index is 0.0975. The van der Waals surface area contributed by atoms with E-state index in [9.17, 15) is 4.79 Å². The lowest BCUT2D eigenvalue weighted by Gasteiger charge is -2.11. The number of hydrogen-bond acceptors (Lipinski definition) is 1. The molecule has 0 spiro atoms. The highest BCUT2D eigenvalue weighted by molar-refractivity contribution is 5.60. The molecule has 0 aromatic rings. The molecule has 2 rings (SSSR count). The average Bonchev–Trinajstić information content (AvgIpc) is 2.18. The van der Waals surface area contributed by atoms with Crippen molar-refractivity contribution in [2.24, 2.45) is 0 Å². The summed E-state index contributed by atoms with van der Waals surface area (Å²) in [4.78, 5) is 11.4. The van der Waals surface area contributed by atoms with Crippen LogP contribution in [0.1, 0.15) is 6.92 Å². The van der Waals surface area contributed by atoms with Gasteiger partial charge in [0.1, 0.15) is 0 Å². The minimum absolute atomic E-state index is 0.0975. The van der Waals surface area contributed by atoms with Gasteiger partial charge in [-0.15, -0.1) is 0 Å². The van der Waals surface area contributed by atoms with Crippen LogP contribution in [-0.4, -0.2) is 4.57 Å². The van der Waals surface area contributed by atoms with E-state index in [1.807, 2.05) is 24.4 Å². The van der Waals surface area contributed by atoms with E-state index in [-0.39, 0.29) is 5.43 Å². The highest BCUT2D eigenvalue weighted by Gasteiger charge is 2.05. The lowest BCUT2D eigenvalue weighted by Crippen LogP contribution is -2.09. The molecule has 0 saturated carbocycles. The van der Waals surface area contributed by atoms with Crippen molar-refractivity contribution in [1.29, 1.82) is 0 Å². The van der Waals surface area contributed by atoms with Gasteiger partial charge >= 0.3 is 0 Å². The van der Waals surface area contributed by atoms with Crippen LogP contribution in [0.3, 0.4) is 0 Å². The van der Waals surface area contributed by atoms with Crippen LogP contribution in [0.2, 0.25) is 0 Å². The smallest absolute Gasteiger partial charge is 0.187 e. The Labute approximate surface area is 76.8 Å². The fourth-order valence-electron chi connectivity index (χ4n) is 1.55. The summed E-state index contributed by atoms with van der Waals surface area (Å²) in [5.41, 5.74) is 1.91. The fourth-order valence-corrected chi connectivity index (χ4v) is 1.55. The topological polar surface area (TPSA) is 22.0 Å². The summed E-state index contributed by atoms with van der Waals surface area (Å²) in [7, 11) is 0. The SMILES string of the molecule is CCn1cccc2c(=O)cccc1-2.